The Morgan fingerprint density at radius 2 is 2.35 bits per heavy atom. The van der Waals surface area contributed by atoms with Gasteiger partial charge in [-0.25, -0.2) is 0 Å². The largest absolute Gasteiger partial charge is 0.493 e. The molecule has 0 bridgehead atoms. The van der Waals surface area contributed by atoms with Crippen molar-refractivity contribution in [1.29, 1.82) is 0 Å². The van der Waals surface area contributed by atoms with Gasteiger partial charge >= 0.3 is 5.37 Å². The number of rotatable bonds is 3. The monoisotopic (exact) mass is 253 g/mol. The van der Waals surface area contributed by atoms with Crippen LogP contribution >= 0.6 is 11.6 Å². The minimum Gasteiger partial charge on any atom is -0.493 e. The lowest BCUT2D eigenvalue weighted by atomic mass is 10.0. The van der Waals surface area contributed by atoms with Gasteiger partial charge in [-0.1, -0.05) is 12.1 Å². The average molecular weight is 254 g/mol. The molecule has 0 saturated heterocycles. The lowest BCUT2D eigenvalue weighted by Gasteiger charge is -2.18. The third-order valence-corrected chi connectivity index (χ3v) is 3.30. The molecule has 0 radical (unpaired) electrons. The summed E-state index contributed by atoms with van der Waals surface area (Å²) in [6.45, 7) is 1.46. The Hall–Kier alpha value is -1.22. The van der Waals surface area contributed by atoms with E-state index in [1.54, 1.807) is 7.05 Å². The first-order valence-corrected chi connectivity index (χ1v) is 6.20. The van der Waals surface area contributed by atoms with Crippen LogP contribution in [0.25, 0.3) is 0 Å². The van der Waals surface area contributed by atoms with Crippen LogP contribution in [-0.2, 0) is 12.8 Å². The molecule has 0 saturated carbocycles. The van der Waals surface area contributed by atoms with Gasteiger partial charge in [0.15, 0.2) is 0 Å². The number of benzene rings is 1. The molecule has 0 N–H and O–H groups in total. The highest BCUT2D eigenvalue weighted by Gasteiger charge is 2.11. The molecule has 0 atom stereocenters. The first-order valence-electron chi connectivity index (χ1n) is 5.82. The second-order valence-electron chi connectivity index (χ2n) is 4.32. The van der Waals surface area contributed by atoms with Gasteiger partial charge < -0.3 is 9.64 Å². The fourth-order valence-corrected chi connectivity index (χ4v) is 2.04. The predicted molar refractivity (Wildman–Crippen MR) is 67.8 cm³/mol. The van der Waals surface area contributed by atoms with Crippen molar-refractivity contribution in [3.05, 3.63) is 29.3 Å². The molecule has 0 aliphatic carbocycles. The van der Waals surface area contributed by atoms with Gasteiger partial charge in [0, 0.05) is 13.6 Å². The molecule has 1 aliphatic heterocycles. The molecule has 1 aromatic rings. The smallest absolute Gasteiger partial charge is 0.316 e. The maximum atomic E-state index is 10.9. The Balaban J connectivity index is 2.00. The number of nitrogens with zero attached hydrogens (tertiary/aromatic N) is 1. The number of amides is 1. The Bertz CT molecular complexity index is 420. The van der Waals surface area contributed by atoms with E-state index in [0.29, 0.717) is 6.54 Å². The third-order valence-electron chi connectivity index (χ3n) is 3.01. The molecule has 1 aliphatic rings. The van der Waals surface area contributed by atoms with Gasteiger partial charge in [-0.15, -0.1) is 0 Å². The summed E-state index contributed by atoms with van der Waals surface area (Å²) in [6.07, 6.45) is 2.98. The summed E-state index contributed by atoms with van der Waals surface area (Å²) < 4.78 is 5.56. The predicted octanol–water partition coefficient (Wildman–Crippen LogP) is 2.84. The SMILES string of the molecule is CN(CCc1ccc2c(c1)CCCO2)C(=O)Cl. The van der Waals surface area contributed by atoms with Gasteiger partial charge in [-0.3, -0.25) is 4.79 Å². The minimum atomic E-state index is -0.411. The van der Waals surface area contributed by atoms with E-state index < -0.39 is 5.37 Å². The molecule has 2 rings (SSSR count). The van der Waals surface area contributed by atoms with E-state index in [4.69, 9.17) is 16.3 Å². The van der Waals surface area contributed by atoms with Crippen LogP contribution in [-0.4, -0.2) is 30.5 Å². The second-order valence-corrected chi connectivity index (χ2v) is 4.64. The summed E-state index contributed by atoms with van der Waals surface area (Å²) in [7, 11) is 1.71. The maximum absolute atomic E-state index is 10.9. The lowest BCUT2D eigenvalue weighted by molar-refractivity contribution is 0.232. The standard InChI is InChI=1S/C13H16ClNO2/c1-15(13(14)16)7-6-10-4-5-12-11(9-10)3-2-8-17-12/h4-5,9H,2-3,6-8H2,1H3. The fraction of sp³-hybridized carbons (Fsp3) is 0.462. The normalized spacial score (nSPS) is 13.8. The van der Waals surface area contributed by atoms with Gasteiger partial charge in [0.25, 0.3) is 0 Å². The lowest BCUT2D eigenvalue weighted by Crippen LogP contribution is -2.23. The molecule has 17 heavy (non-hydrogen) atoms. The van der Waals surface area contributed by atoms with E-state index in [1.807, 2.05) is 6.07 Å². The third kappa shape index (κ3) is 3.13. The van der Waals surface area contributed by atoms with Crippen molar-refractivity contribution < 1.29 is 9.53 Å². The van der Waals surface area contributed by atoms with Crippen LogP contribution in [0.1, 0.15) is 17.5 Å². The zero-order valence-corrected chi connectivity index (χ0v) is 10.7. The Morgan fingerprint density at radius 1 is 1.53 bits per heavy atom. The summed E-state index contributed by atoms with van der Waals surface area (Å²) in [5.74, 6) is 1.00. The molecule has 3 nitrogen and oxygen atoms in total. The van der Waals surface area contributed by atoms with Crippen LogP contribution in [0, 0.1) is 0 Å². The van der Waals surface area contributed by atoms with Crippen LogP contribution in [0.5, 0.6) is 5.75 Å². The molecular formula is C13H16ClNO2. The van der Waals surface area contributed by atoms with E-state index in [2.05, 4.69) is 12.1 Å². The molecule has 4 heteroatoms. The zero-order chi connectivity index (χ0) is 12.3. The number of aryl methyl sites for hydroxylation is 1. The highest BCUT2D eigenvalue weighted by molar-refractivity contribution is 6.62. The highest BCUT2D eigenvalue weighted by atomic mass is 35.5. The average Bonchev–Trinajstić information content (AvgIpc) is 2.35. The van der Waals surface area contributed by atoms with Crippen molar-refractivity contribution in [3.63, 3.8) is 0 Å². The maximum Gasteiger partial charge on any atom is 0.316 e. The Kier molecular flexibility index (Phi) is 3.89. The van der Waals surface area contributed by atoms with Gasteiger partial charge in [-0.2, -0.15) is 0 Å². The molecule has 92 valence electrons. The summed E-state index contributed by atoms with van der Waals surface area (Å²) in [5.41, 5.74) is 2.49. The summed E-state index contributed by atoms with van der Waals surface area (Å²) in [6, 6.07) is 6.24. The molecule has 1 amide bonds. The van der Waals surface area contributed by atoms with Gasteiger partial charge in [-0.05, 0) is 48.1 Å². The van der Waals surface area contributed by atoms with Gasteiger partial charge in [0.1, 0.15) is 5.75 Å². The molecular weight excluding hydrogens is 238 g/mol. The summed E-state index contributed by atoms with van der Waals surface area (Å²) in [5, 5.41) is -0.411. The van der Waals surface area contributed by atoms with Crippen molar-refractivity contribution in [2.24, 2.45) is 0 Å². The zero-order valence-electron chi connectivity index (χ0n) is 9.91. The number of likely N-dealkylation sites (N-methyl/N-ethyl adjacent to an activating group) is 1. The minimum absolute atomic E-state index is 0.411. The van der Waals surface area contributed by atoms with Crippen LogP contribution in [0.4, 0.5) is 4.79 Å². The second kappa shape index (κ2) is 5.41. The van der Waals surface area contributed by atoms with E-state index in [-0.39, 0.29) is 0 Å². The van der Waals surface area contributed by atoms with Crippen molar-refractivity contribution >= 4 is 17.0 Å². The topological polar surface area (TPSA) is 29.5 Å². The number of carbonyl (C=O) groups is 1. The van der Waals surface area contributed by atoms with Crippen LogP contribution in [0.3, 0.4) is 0 Å². The molecule has 1 heterocycles. The Morgan fingerprint density at radius 3 is 3.12 bits per heavy atom. The number of carbonyl (C=O) groups excluding carboxylic acids is 1. The molecule has 1 aromatic carbocycles. The van der Waals surface area contributed by atoms with Crippen LogP contribution in [0.15, 0.2) is 18.2 Å². The van der Waals surface area contributed by atoms with E-state index >= 15 is 0 Å². The van der Waals surface area contributed by atoms with Crippen molar-refractivity contribution in [1.82, 2.24) is 4.90 Å². The van der Waals surface area contributed by atoms with Gasteiger partial charge in [0.05, 0.1) is 6.61 Å². The highest BCUT2D eigenvalue weighted by Crippen LogP contribution is 2.25. The number of hydrogen-bond donors (Lipinski definition) is 0. The van der Waals surface area contributed by atoms with E-state index in [1.165, 1.54) is 16.0 Å². The number of fused-ring (bicyclic) bond motifs is 1. The first-order chi connectivity index (χ1) is 8.16. The number of hydrogen-bond acceptors (Lipinski definition) is 2. The molecule has 0 fully saturated rings. The quantitative estimate of drug-likeness (QED) is 0.612. The van der Waals surface area contributed by atoms with E-state index in [0.717, 1.165) is 31.6 Å². The van der Waals surface area contributed by atoms with Crippen molar-refractivity contribution in [3.8, 4) is 5.75 Å². The van der Waals surface area contributed by atoms with Crippen LogP contribution < -0.4 is 4.74 Å². The van der Waals surface area contributed by atoms with Crippen LogP contribution in [0.2, 0.25) is 0 Å². The molecule has 0 unspecified atom stereocenters. The molecule has 0 aromatic heterocycles. The fourth-order valence-electron chi connectivity index (χ4n) is 1.95. The summed E-state index contributed by atoms with van der Waals surface area (Å²) >= 11 is 5.38. The number of ether oxygens (including phenoxy) is 1. The van der Waals surface area contributed by atoms with Gasteiger partial charge in [0.2, 0.25) is 0 Å². The molecule has 0 spiro atoms. The van der Waals surface area contributed by atoms with Crippen molar-refractivity contribution in [2.45, 2.75) is 19.3 Å². The summed E-state index contributed by atoms with van der Waals surface area (Å²) in [4.78, 5) is 12.4. The Labute approximate surface area is 106 Å². The number of halogens is 1. The first kappa shape index (κ1) is 12.2. The van der Waals surface area contributed by atoms with E-state index in [9.17, 15) is 4.79 Å². The van der Waals surface area contributed by atoms with Crippen molar-refractivity contribution in [2.75, 3.05) is 20.2 Å².